The van der Waals surface area contributed by atoms with Crippen LogP contribution in [0.1, 0.15) is 111 Å². The van der Waals surface area contributed by atoms with Crippen LogP contribution in [0.2, 0.25) is 0 Å². The van der Waals surface area contributed by atoms with Crippen molar-refractivity contribution in [2.24, 2.45) is 5.73 Å². The largest absolute Gasteiger partial charge is 0.480 e. The van der Waals surface area contributed by atoms with E-state index in [2.05, 4.69) is 148 Å². The first kappa shape index (κ1) is 113. The van der Waals surface area contributed by atoms with Gasteiger partial charge >= 0.3 is 5.97 Å². The summed E-state index contributed by atoms with van der Waals surface area (Å²) in [4.78, 5) is 306. The maximum absolute atomic E-state index is 13.4. The number of hydrogen-bond acceptors (Lipinski definition) is 31. The Balaban J connectivity index is 5.27. The first-order chi connectivity index (χ1) is 57.9. The van der Waals surface area contributed by atoms with Gasteiger partial charge in [-0.05, 0) is 111 Å². The highest BCUT2D eigenvalue weighted by Gasteiger charge is 2.37. The van der Waals surface area contributed by atoms with Crippen LogP contribution in [0, 0.1) is 0 Å². The van der Waals surface area contributed by atoms with E-state index in [4.69, 9.17) is 10.8 Å². The van der Waals surface area contributed by atoms with E-state index >= 15 is 0 Å². The fraction of sp³-hybridized carbons (Fsp3) is 0.657. The van der Waals surface area contributed by atoms with Crippen LogP contribution in [-0.4, -0.2) is 351 Å². The molecule has 0 aliphatic carbocycles. The van der Waals surface area contributed by atoms with E-state index in [9.17, 15) is 135 Å². The number of hydrogen-bond donors (Lipinski definition) is 31. The normalized spacial score (nSPS) is 16.2. The Hall–Kier alpha value is -12.2. The molecule has 0 aliphatic heterocycles. The van der Waals surface area contributed by atoms with Gasteiger partial charge in [-0.1, -0.05) is 0 Å². The summed E-state index contributed by atoms with van der Waals surface area (Å²) in [5, 5.41) is 102. The minimum Gasteiger partial charge on any atom is -0.480 e. The van der Waals surface area contributed by atoms with E-state index in [1.165, 1.54) is 55.4 Å². The van der Waals surface area contributed by atoms with Gasteiger partial charge in [-0.15, -0.1) is 0 Å². The van der Waals surface area contributed by atoms with Gasteiger partial charge in [0.1, 0.15) is 103 Å². The summed E-state index contributed by atoms with van der Waals surface area (Å²) in [5.41, 5.74) is 5.43. The molecule has 0 spiro atoms. The third-order valence-electron chi connectivity index (χ3n) is 17.2. The number of aliphatic carboxylic acids is 1. The van der Waals surface area contributed by atoms with Gasteiger partial charge in [0.05, 0.1) is 69.7 Å². The van der Waals surface area contributed by atoms with Crippen molar-refractivity contribution in [3.05, 3.63) is 0 Å². The molecule has 0 rings (SSSR count). The van der Waals surface area contributed by atoms with E-state index in [0.717, 1.165) is 55.4 Å². The minimum absolute atomic E-state index is 0.256. The van der Waals surface area contributed by atoms with Crippen LogP contribution in [0.5, 0.6) is 0 Å². The number of carboxylic acids is 1. The number of carbonyl (C=O) groups excluding carboxylic acids is 23. The molecule has 0 aromatic heterocycles. The third-order valence-corrected chi connectivity index (χ3v) is 17.9. The Labute approximate surface area is 727 Å². The highest BCUT2D eigenvalue weighted by molar-refractivity contribution is 7.80. The van der Waals surface area contributed by atoms with Crippen LogP contribution < -0.4 is 128 Å². The van der Waals surface area contributed by atoms with Gasteiger partial charge in [0.25, 0.3) is 0 Å². The molecule has 30 N–H and O–H groups in total. The number of nitrogens with two attached hydrogens (primary N) is 1. The lowest BCUT2D eigenvalue weighted by molar-refractivity contribution is -0.141. The van der Waals surface area contributed by atoms with E-state index < -0.39 is 314 Å². The number of aliphatic hydroxyl groups excluding tert-OH is 4. The Morgan fingerprint density at radius 1 is 0.216 bits per heavy atom. The molecule has 0 aromatic carbocycles. The standard InChI is InChI=1S/C70H118N24O29S2/c1-25(71)53(105)72-17-43(99)80-30(6)59(111)90-42(24-125)65(117)85-27(3)55(107)74-19-44(100)79-29(5)57(109)83-33(9)58(110)84-34(10)62(114)93-52(40(16)98)69(121)87-35(11)63(115)94-51(39(15)97)68(120)86-28(4)56(108)75-20-46(102)82-32(8)60(112)91-49(37(13)95)66(118)76-21-47(103)78-26(2)54(106)73-18-45(101)81-31(7)61(113)92-50(38(14)96)67(119)77-22-48(104)89-41(23-124)64(116)88-36(12)70(122)123/h25-42,49-52,95-98,124-125H,17-24,71H2,1-16H3,(H,72,105)(H,73,106)(H,74,107)(H,75,108)(H,76,118)(H,77,119)(H,78,103)(H,79,100)(H,80,99)(H,81,101)(H,82,102)(H,83,109)(H,84,110)(H,85,117)(H,86,120)(H,87,121)(H,88,116)(H,89,104)(H,90,111)(H,91,112)(H,92,113)(H,93,114)(H,94,115)(H,122,123)/t25-,26-,27-,28-,29-,30-,31-,32-,33-,34-,35-,36-,37+,38+,39+,40+,41-,42-,49-,50-,51-,52-/m0/s1. The molecule has 0 radical (unpaired) electrons. The smallest absolute Gasteiger partial charge is 0.325 e. The fourth-order valence-electron chi connectivity index (χ4n) is 9.60. The monoisotopic (exact) mass is 1820 g/mol. The highest BCUT2D eigenvalue weighted by atomic mass is 32.1. The molecule has 0 heterocycles. The summed E-state index contributed by atoms with van der Waals surface area (Å²) in [5.74, 6) is -24.2. The number of carbonyl (C=O) groups is 24. The summed E-state index contributed by atoms with van der Waals surface area (Å²) in [7, 11) is 0. The zero-order chi connectivity index (χ0) is 96.5. The van der Waals surface area contributed by atoms with E-state index in [0.29, 0.717) is 0 Å². The molecule has 0 saturated carbocycles. The maximum Gasteiger partial charge on any atom is 0.325 e. The Kier molecular flexibility index (Phi) is 50.4. The predicted molar refractivity (Wildman–Crippen MR) is 439 cm³/mol. The quantitative estimate of drug-likeness (QED) is 0.0252. The van der Waals surface area contributed by atoms with Gasteiger partial charge in [-0.25, -0.2) is 0 Å². The summed E-state index contributed by atoms with van der Waals surface area (Å²) in [6, 6.07) is -25.9. The number of carboxylic acid groups (broad SMARTS) is 1. The van der Waals surface area contributed by atoms with Crippen molar-refractivity contribution in [3.63, 3.8) is 0 Å². The van der Waals surface area contributed by atoms with Crippen molar-refractivity contribution >= 4 is 167 Å². The van der Waals surface area contributed by atoms with Crippen molar-refractivity contribution in [1.29, 1.82) is 0 Å². The molecule has 0 saturated heterocycles. The van der Waals surface area contributed by atoms with Crippen LogP contribution in [0.4, 0.5) is 0 Å². The molecular formula is C70H118N24O29S2. The molecule has 53 nitrogen and oxygen atoms in total. The molecule has 0 aliphatic rings. The lowest BCUT2D eigenvalue weighted by Crippen LogP contribution is -2.61. The highest BCUT2D eigenvalue weighted by Crippen LogP contribution is 2.05. The maximum atomic E-state index is 13.4. The molecule has 125 heavy (non-hydrogen) atoms. The summed E-state index contributed by atoms with van der Waals surface area (Å²) < 4.78 is 0. The van der Waals surface area contributed by atoms with Crippen LogP contribution in [0.15, 0.2) is 0 Å². The lowest BCUT2D eigenvalue weighted by atomic mass is 10.1. The number of rotatable bonds is 53. The average Bonchev–Trinajstić information content (AvgIpc) is 0.861. The Morgan fingerprint density at radius 2 is 0.392 bits per heavy atom. The second-order valence-electron chi connectivity index (χ2n) is 28.7. The molecule has 0 aromatic rings. The van der Waals surface area contributed by atoms with Gasteiger partial charge in [0.2, 0.25) is 136 Å². The van der Waals surface area contributed by atoms with E-state index in [1.54, 1.807) is 0 Å². The van der Waals surface area contributed by atoms with E-state index in [-0.39, 0.29) is 11.5 Å². The van der Waals surface area contributed by atoms with Gasteiger partial charge in [0, 0.05) is 11.5 Å². The van der Waals surface area contributed by atoms with Crippen LogP contribution in [0.3, 0.4) is 0 Å². The molecule has 0 unspecified atom stereocenters. The molecule has 23 amide bonds. The summed E-state index contributed by atoms with van der Waals surface area (Å²) >= 11 is 8.01. The van der Waals surface area contributed by atoms with Crippen molar-refractivity contribution in [2.75, 3.05) is 50.8 Å². The molecular weight excluding hydrogens is 1710 g/mol. The lowest BCUT2D eigenvalue weighted by Gasteiger charge is -2.27. The molecule has 0 fully saturated rings. The number of thiol groups is 2. The van der Waals surface area contributed by atoms with Crippen molar-refractivity contribution < 1.29 is 141 Å². The van der Waals surface area contributed by atoms with Crippen LogP contribution in [-0.2, 0) is 115 Å². The van der Waals surface area contributed by atoms with Gasteiger partial charge in [-0.2, -0.15) is 25.3 Å². The van der Waals surface area contributed by atoms with Gasteiger partial charge in [0.15, 0.2) is 0 Å². The molecule has 55 heteroatoms. The topological polar surface area (TPSA) is 814 Å². The number of amides is 23. The van der Waals surface area contributed by atoms with Gasteiger partial charge in [-0.3, -0.25) is 115 Å². The van der Waals surface area contributed by atoms with Crippen molar-refractivity contribution in [3.8, 4) is 0 Å². The summed E-state index contributed by atoms with van der Waals surface area (Å²) in [6.45, 7) is 14.4. The number of aliphatic hydroxyl groups is 4. The zero-order valence-electron chi connectivity index (χ0n) is 71.4. The van der Waals surface area contributed by atoms with E-state index in [1.807, 2.05) is 0 Å². The molecule has 0 bridgehead atoms. The predicted octanol–water partition coefficient (Wildman–Crippen LogP) is -17.0. The minimum atomic E-state index is -1.83. The second kappa shape index (κ2) is 55.8. The molecule has 704 valence electrons. The first-order valence-corrected chi connectivity index (χ1v) is 39.9. The van der Waals surface area contributed by atoms with Gasteiger partial charge < -0.3 is 154 Å². The zero-order valence-corrected chi connectivity index (χ0v) is 73.2. The van der Waals surface area contributed by atoms with Crippen molar-refractivity contribution in [1.82, 2.24) is 122 Å². The Bertz CT molecular complexity index is 3900. The molecule has 22 atom stereocenters. The average molecular weight is 1820 g/mol. The third kappa shape index (κ3) is 42.6. The fourth-order valence-corrected chi connectivity index (χ4v) is 10.1. The second-order valence-corrected chi connectivity index (χ2v) is 29.4. The SMILES string of the molecule is C[C@H](N)C(=O)NCC(=O)N[C@@H](C)C(=O)N[C@@H](CS)C(=O)N[C@@H](C)C(=O)NCC(=O)N[C@@H](C)C(=O)N[C@@H](C)C(=O)N[C@@H](C)C(=O)N[C@H](C(=O)N[C@@H](C)C(=O)N[C@H](C(=O)N[C@@H](C)C(=O)NCC(=O)N[C@@H](C)C(=O)N[C@H](C(=O)NCC(=O)N[C@@H](C)C(=O)NCC(=O)N[C@@H](C)C(=O)N[C@H](C(=O)NCC(=O)N[C@@H](CS)C(=O)N[C@@H](C)C(=O)O)[C@@H](C)O)[C@@H](C)O)[C@@H](C)O)[C@@H](C)O. The summed E-state index contributed by atoms with van der Waals surface area (Å²) in [6.07, 6.45) is -6.56. The Morgan fingerprint density at radius 3 is 0.640 bits per heavy atom. The van der Waals surface area contributed by atoms with Crippen molar-refractivity contribution in [2.45, 2.75) is 244 Å². The first-order valence-electron chi connectivity index (χ1n) is 38.6. The van der Waals surface area contributed by atoms with Crippen LogP contribution >= 0.6 is 25.3 Å². The number of nitrogens with one attached hydrogen (secondary N) is 23. The van der Waals surface area contributed by atoms with Crippen LogP contribution in [0.25, 0.3) is 0 Å².